The molecule has 1 saturated heterocycles. The number of nitrogens with zero attached hydrogens (tertiary/aromatic N) is 1. The normalized spacial score (nSPS) is 17.2. The van der Waals surface area contributed by atoms with Crippen LogP contribution in [0.4, 0.5) is 10.1 Å². The number of carbonyl (C=O) groups is 1. The largest absolute Gasteiger partial charge is 0.454 e. The lowest BCUT2D eigenvalue weighted by Gasteiger charge is -2.38. The molecule has 2 aromatic carbocycles. The van der Waals surface area contributed by atoms with Crippen LogP contribution in [0.15, 0.2) is 42.5 Å². The number of piperazine rings is 1. The third-order valence-electron chi connectivity index (χ3n) is 5.71. The number of nitrogens with one attached hydrogen (secondary N) is 2. The number of amides is 1. The van der Waals surface area contributed by atoms with Crippen molar-refractivity contribution < 1.29 is 23.6 Å². The molecule has 154 valence electrons. The Bertz CT molecular complexity index is 851. The highest BCUT2D eigenvalue weighted by atomic mass is 19.1. The zero-order chi connectivity index (χ0) is 20.2. The molecule has 1 atom stereocenters. The van der Waals surface area contributed by atoms with Crippen molar-refractivity contribution in [1.29, 1.82) is 0 Å². The summed E-state index contributed by atoms with van der Waals surface area (Å²) < 4.78 is 24.2. The first-order valence-electron chi connectivity index (χ1n) is 10.2. The summed E-state index contributed by atoms with van der Waals surface area (Å²) in [7, 11) is 0. The van der Waals surface area contributed by atoms with Crippen LogP contribution in [0.25, 0.3) is 0 Å². The van der Waals surface area contributed by atoms with Crippen LogP contribution in [0.3, 0.4) is 0 Å². The molecule has 1 amide bonds. The lowest BCUT2D eigenvalue weighted by atomic mass is 10.0. The maximum absolute atomic E-state index is 13.2. The van der Waals surface area contributed by atoms with Gasteiger partial charge in [0.05, 0.1) is 32.7 Å². The monoisotopic (exact) mass is 400 g/mol. The van der Waals surface area contributed by atoms with Gasteiger partial charge >= 0.3 is 0 Å². The molecule has 1 fully saturated rings. The Kier molecular flexibility index (Phi) is 5.85. The zero-order valence-corrected chi connectivity index (χ0v) is 16.6. The highest BCUT2D eigenvalue weighted by Crippen LogP contribution is 2.33. The van der Waals surface area contributed by atoms with Crippen molar-refractivity contribution in [3.05, 3.63) is 53.8 Å². The van der Waals surface area contributed by atoms with E-state index in [2.05, 4.69) is 16.3 Å². The number of ether oxygens (including phenoxy) is 2. The summed E-state index contributed by atoms with van der Waals surface area (Å²) in [6, 6.07) is 12.8. The number of anilines is 1. The van der Waals surface area contributed by atoms with Crippen molar-refractivity contribution in [2.24, 2.45) is 0 Å². The molecule has 2 aliphatic heterocycles. The van der Waals surface area contributed by atoms with E-state index in [1.807, 2.05) is 31.2 Å². The summed E-state index contributed by atoms with van der Waals surface area (Å²) in [6.07, 6.45) is 0.474. The van der Waals surface area contributed by atoms with Gasteiger partial charge in [0.15, 0.2) is 11.5 Å². The second kappa shape index (κ2) is 8.69. The van der Waals surface area contributed by atoms with Crippen molar-refractivity contribution in [3.63, 3.8) is 0 Å². The summed E-state index contributed by atoms with van der Waals surface area (Å²) in [5.74, 6) is 1.37. The first-order chi connectivity index (χ1) is 14.1. The highest BCUT2D eigenvalue weighted by Gasteiger charge is 2.30. The quantitative estimate of drug-likeness (QED) is 0.772. The van der Waals surface area contributed by atoms with Gasteiger partial charge in [0.25, 0.3) is 0 Å². The van der Waals surface area contributed by atoms with E-state index in [1.54, 1.807) is 0 Å². The molecule has 29 heavy (non-hydrogen) atoms. The van der Waals surface area contributed by atoms with Gasteiger partial charge in [-0.05, 0) is 42.5 Å². The van der Waals surface area contributed by atoms with E-state index in [-0.39, 0.29) is 24.6 Å². The fraction of sp³-hybridized carbons (Fsp3) is 0.409. The molecule has 0 aliphatic carbocycles. The Hall–Kier alpha value is -2.80. The maximum atomic E-state index is 13.2. The maximum Gasteiger partial charge on any atom is 0.231 e. The van der Waals surface area contributed by atoms with Gasteiger partial charge in [0.1, 0.15) is 11.9 Å². The average molecular weight is 400 g/mol. The van der Waals surface area contributed by atoms with Gasteiger partial charge in [0.2, 0.25) is 12.7 Å². The van der Waals surface area contributed by atoms with E-state index in [0.717, 1.165) is 48.9 Å². The first-order valence-corrected chi connectivity index (χ1v) is 10.2. The van der Waals surface area contributed by atoms with E-state index in [1.165, 1.54) is 17.0 Å². The zero-order valence-electron chi connectivity index (χ0n) is 16.6. The third kappa shape index (κ3) is 4.45. The minimum absolute atomic E-state index is 0.0556. The molecule has 2 aliphatic rings. The van der Waals surface area contributed by atoms with Crippen LogP contribution in [-0.4, -0.2) is 45.4 Å². The lowest BCUT2D eigenvalue weighted by molar-refractivity contribution is -0.931. The van der Waals surface area contributed by atoms with E-state index >= 15 is 0 Å². The predicted octanol–water partition coefficient (Wildman–Crippen LogP) is 1.53. The van der Waals surface area contributed by atoms with Gasteiger partial charge in [0, 0.05) is 17.7 Å². The van der Waals surface area contributed by atoms with Crippen LogP contribution in [-0.2, 0) is 4.79 Å². The second-order valence-electron chi connectivity index (χ2n) is 7.44. The van der Waals surface area contributed by atoms with Crippen LogP contribution < -0.4 is 24.6 Å². The Morgan fingerprint density at radius 1 is 1.14 bits per heavy atom. The number of hydrogen-bond acceptors (Lipinski definition) is 4. The van der Waals surface area contributed by atoms with Crippen LogP contribution in [0, 0.1) is 5.82 Å². The fourth-order valence-electron chi connectivity index (χ4n) is 4.02. The number of carbonyl (C=O) groups excluding carboxylic acids is 1. The summed E-state index contributed by atoms with van der Waals surface area (Å²) >= 11 is 0. The molecule has 0 radical (unpaired) electrons. The third-order valence-corrected chi connectivity index (χ3v) is 5.71. The Morgan fingerprint density at radius 2 is 1.86 bits per heavy atom. The van der Waals surface area contributed by atoms with Crippen molar-refractivity contribution in [3.8, 4) is 11.5 Å². The highest BCUT2D eigenvalue weighted by molar-refractivity contribution is 5.75. The van der Waals surface area contributed by atoms with Gasteiger partial charge < -0.3 is 24.6 Å². The van der Waals surface area contributed by atoms with Crippen molar-refractivity contribution in [1.82, 2.24) is 5.32 Å². The van der Waals surface area contributed by atoms with Crippen LogP contribution in [0.5, 0.6) is 11.5 Å². The molecular weight excluding hydrogens is 373 g/mol. The van der Waals surface area contributed by atoms with E-state index in [9.17, 15) is 9.18 Å². The number of quaternary nitrogens is 1. The van der Waals surface area contributed by atoms with Crippen molar-refractivity contribution in [2.75, 3.05) is 44.4 Å². The van der Waals surface area contributed by atoms with Crippen LogP contribution in [0.1, 0.15) is 24.9 Å². The molecular formula is C22H27FN3O3+. The first kappa shape index (κ1) is 19.5. The lowest BCUT2D eigenvalue weighted by Crippen LogP contribution is -3.15. The van der Waals surface area contributed by atoms with Gasteiger partial charge in [-0.2, -0.15) is 0 Å². The minimum Gasteiger partial charge on any atom is -0.454 e. The standard InChI is InChI=1S/C22H26FN3O3/c1-2-22(27)24-14-19(16-3-8-20-21(13-16)29-15-28-20)26-11-9-25(10-12-26)18-6-4-17(23)5-7-18/h3-8,13,19H,2,9-12,14-15H2,1H3,(H,24,27)/p+1/t19-/m1/s1. The van der Waals surface area contributed by atoms with Gasteiger partial charge in [-0.3, -0.25) is 4.79 Å². The molecule has 0 spiro atoms. The SMILES string of the molecule is CCC(=O)NC[C@H](c1ccc2c(c1)OCO2)[NH+]1CCN(c2ccc(F)cc2)CC1. The molecule has 0 saturated carbocycles. The number of fused-ring (bicyclic) bond motifs is 1. The van der Waals surface area contributed by atoms with Crippen LogP contribution >= 0.6 is 0 Å². The van der Waals surface area contributed by atoms with Crippen molar-refractivity contribution in [2.45, 2.75) is 19.4 Å². The average Bonchev–Trinajstić information content (AvgIpc) is 3.23. The minimum atomic E-state index is -0.215. The van der Waals surface area contributed by atoms with Crippen molar-refractivity contribution >= 4 is 11.6 Å². The summed E-state index contributed by atoms with van der Waals surface area (Å²) in [6.45, 7) is 6.31. The predicted molar refractivity (Wildman–Crippen MR) is 108 cm³/mol. The Morgan fingerprint density at radius 3 is 2.59 bits per heavy atom. The summed E-state index contributed by atoms with van der Waals surface area (Å²) in [5.41, 5.74) is 2.18. The molecule has 0 unspecified atom stereocenters. The smallest absolute Gasteiger partial charge is 0.231 e. The molecule has 0 bridgehead atoms. The number of rotatable bonds is 6. The molecule has 6 nitrogen and oxygen atoms in total. The van der Waals surface area contributed by atoms with Gasteiger partial charge in [-0.1, -0.05) is 6.92 Å². The number of hydrogen-bond donors (Lipinski definition) is 2. The van der Waals surface area contributed by atoms with E-state index in [0.29, 0.717) is 13.0 Å². The molecule has 2 N–H and O–H groups in total. The Balaban J connectivity index is 1.48. The fourth-order valence-corrected chi connectivity index (χ4v) is 4.02. The molecule has 2 aromatic rings. The van der Waals surface area contributed by atoms with Gasteiger partial charge in [-0.15, -0.1) is 0 Å². The molecule has 7 heteroatoms. The van der Waals surface area contributed by atoms with Gasteiger partial charge in [-0.25, -0.2) is 4.39 Å². The molecule has 4 rings (SSSR count). The van der Waals surface area contributed by atoms with E-state index in [4.69, 9.17) is 9.47 Å². The number of halogens is 1. The second-order valence-corrected chi connectivity index (χ2v) is 7.44. The van der Waals surface area contributed by atoms with E-state index < -0.39 is 0 Å². The summed E-state index contributed by atoms with van der Waals surface area (Å²) in [4.78, 5) is 15.6. The topological polar surface area (TPSA) is 55.2 Å². The number of benzene rings is 2. The molecule has 2 heterocycles. The summed E-state index contributed by atoms with van der Waals surface area (Å²) in [5, 5.41) is 3.06. The Labute approximate surface area is 170 Å². The molecule has 0 aromatic heterocycles. The van der Waals surface area contributed by atoms with Crippen LogP contribution in [0.2, 0.25) is 0 Å².